The van der Waals surface area contributed by atoms with Gasteiger partial charge in [-0.25, -0.2) is 13.2 Å². The molecule has 1 aliphatic carbocycles. The quantitative estimate of drug-likeness (QED) is 0.719. The maximum Gasteiger partial charge on any atom is 0.255 e. The van der Waals surface area contributed by atoms with Gasteiger partial charge < -0.3 is 5.11 Å². The lowest BCUT2D eigenvalue weighted by atomic mass is 9.88. The molecule has 2 nitrogen and oxygen atoms in total. The molecule has 0 aromatic carbocycles. The van der Waals surface area contributed by atoms with Crippen LogP contribution in [-0.4, -0.2) is 47.3 Å². The first-order chi connectivity index (χ1) is 6.93. The smallest absolute Gasteiger partial charge is 0.255 e. The zero-order chi connectivity index (χ0) is 10.9. The predicted octanol–water partition coefficient (Wildman–Crippen LogP) is 1.19. The number of nitrogens with zero attached hydrogens (tertiary/aromatic N) is 1. The number of rotatable bonds is 1. The van der Waals surface area contributed by atoms with Gasteiger partial charge >= 0.3 is 0 Å². The van der Waals surface area contributed by atoms with Gasteiger partial charge in [0.05, 0.1) is 12.0 Å². The molecule has 86 valence electrons. The zero-order valence-corrected chi connectivity index (χ0v) is 8.35. The van der Waals surface area contributed by atoms with Crippen molar-refractivity contribution in [1.82, 2.24) is 4.90 Å². The van der Waals surface area contributed by atoms with E-state index in [1.807, 2.05) is 0 Å². The van der Waals surface area contributed by atoms with Crippen LogP contribution in [0.1, 0.15) is 19.3 Å². The van der Waals surface area contributed by atoms with Crippen molar-refractivity contribution in [2.24, 2.45) is 5.41 Å². The summed E-state index contributed by atoms with van der Waals surface area (Å²) >= 11 is 0. The molecule has 1 N–H and O–H groups in total. The Kier molecular flexibility index (Phi) is 1.66. The second kappa shape index (κ2) is 2.51. The maximum absolute atomic E-state index is 13.2. The Morgan fingerprint density at radius 2 is 2.00 bits per heavy atom. The van der Waals surface area contributed by atoms with Crippen molar-refractivity contribution in [2.45, 2.75) is 36.9 Å². The van der Waals surface area contributed by atoms with Crippen molar-refractivity contribution in [3.63, 3.8) is 0 Å². The Bertz CT molecular complexity index is 311. The normalized spacial score (nSPS) is 52.4. The largest absolute Gasteiger partial charge is 0.394 e. The van der Waals surface area contributed by atoms with Crippen molar-refractivity contribution in [3.05, 3.63) is 0 Å². The molecule has 2 aliphatic heterocycles. The van der Waals surface area contributed by atoms with E-state index < -0.39 is 23.0 Å². The maximum atomic E-state index is 13.2. The Labute approximate surface area is 86.1 Å². The average molecular weight is 221 g/mol. The van der Waals surface area contributed by atoms with Crippen molar-refractivity contribution < 1.29 is 18.3 Å². The average Bonchev–Trinajstić information content (AvgIpc) is 2.38. The third kappa shape index (κ3) is 1.08. The fourth-order valence-electron chi connectivity index (χ4n) is 3.47. The van der Waals surface area contributed by atoms with Crippen LogP contribution in [0.4, 0.5) is 13.2 Å². The molecule has 15 heavy (non-hydrogen) atoms. The van der Waals surface area contributed by atoms with Crippen molar-refractivity contribution >= 4 is 0 Å². The summed E-state index contributed by atoms with van der Waals surface area (Å²) in [6, 6.07) is 0. The number of aliphatic hydroxyl groups excluding tert-OH is 1. The summed E-state index contributed by atoms with van der Waals surface area (Å²) < 4.78 is 39.6. The van der Waals surface area contributed by atoms with Gasteiger partial charge in [-0.15, -0.1) is 0 Å². The van der Waals surface area contributed by atoms with E-state index in [9.17, 15) is 18.3 Å². The highest BCUT2D eigenvalue weighted by Crippen LogP contribution is 2.69. The molecule has 0 aromatic heterocycles. The van der Waals surface area contributed by atoms with Crippen LogP contribution in [0.5, 0.6) is 0 Å². The third-order valence-corrected chi connectivity index (χ3v) is 4.36. The monoisotopic (exact) mass is 221 g/mol. The van der Waals surface area contributed by atoms with E-state index in [2.05, 4.69) is 0 Å². The lowest BCUT2D eigenvalue weighted by Crippen LogP contribution is -2.41. The molecule has 3 aliphatic rings. The highest BCUT2D eigenvalue weighted by molar-refractivity contribution is 5.22. The van der Waals surface area contributed by atoms with Crippen LogP contribution in [0.3, 0.4) is 0 Å². The lowest BCUT2D eigenvalue weighted by molar-refractivity contribution is 0.0630. The molecule has 0 amide bonds. The van der Waals surface area contributed by atoms with E-state index in [1.54, 1.807) is 4.90 Å². The van der Waals surface area contributed by atoms with Gasteiger partial charge in [-0.1, -0.05) is 0 Å². The van der Waals surface area contributed by atoms with E-state index >= 15 is 0 Å². The van der Waals surface area contributed by atoms with Crippen LogP contribution in [0.25, 0.3) is 0 Å². The first-order valence-electron chi connectivity index (χ1n) is 5.31. The summed E-state index contributed by atoms with van der Waals surface area (Å²) in [5.41, 5.74) is -1.64. The summed E-state index contributed by atoms with van der Waals surface area (Å²) in [5.74, 6) is -2.59. The molecule has 0 aromatic rings. The zero-order valence-electron chi connectivity index (χ0n) is 8.35. The van der Waals surface area contributed by atoms with Gasteiger partial charge in [0.2, 0.25) is 0 Å². The topological polar surface area (TPSA) is 23.5 Å². The molecule has 2 saturated heterocycles. The lowest BCUT2D eigenvalue weighted by Gasteiger charge is -2.28. The van der Waals surface area contributed by atoms with Gasteiger partial charge in [-0.05, 0) is 6.42 Å². The molecular weight excluding hydrogens is 207 g/mol. The summed E-state index contributed by atoms with van der Waals surface area (Å²) in [6.45, 7) is 0.255. The Morgan fingerprint density at radius 1 is 1.33 bits per heavy atom. The van der Waals surface area contributed by atoms with E-state index in [-0.39, 0.29) is 39.0 Å². The highest BCUT2D eigenvalue weighted by Gasteiger charge is 2.77. The molecule has 1 spiro atoms. The SMILES string of the molecule is OC[C@]12C[C@@H](F)CN1C[C@@]1(CC1(F)F)C2. The number of fused-ring (bicyclic) bond motifs is 1. The van der Waals surface area contributed by atoms with Gasteiger partial charge in [0.1, 0.15) is 6.17 Å². The minimum atomic E-state index is -2.59. The fourth-order valence-corrected chi connectivity index (χ4v) is 3.47. The number of halogens is 3. The summed E-state index contributed by atoms with van der Waals surface area (Å²) in [5, 5.41) is 9.32. The van der Waals surface area contributed by atoms with Crippen molar-refractivity contribution in [3.8, 4) is 0 Å². The molecular formula is C10H14F3NO. The van der Waals surface area contributed by atoms with Crippen LogP contribution in [0, 0.1) is 5.41 Å². The molecule has 3 rings (SSSR count). The first kappa shape index (κ1) is 9.90. The Balaban J connectivity index is 1.86. The van der Waals surface area contributed by atoms with Crippen molar-refractivity contribution in [2.75, 3.05) is 19.7 Å². The fraction of sp³-hybridized carbons (Fsp3) is 1.00. The van der Waals surface area contributed by atoms with E-state index in [0.29, 0.717) is 0 Å². The van der Waals surface area contributed by atoms with Gasteiger partial charge in [0, 0.05) is 31.5 Å². The molecule has 2 heterocycles. The molecule has 0 unspecified atom stereocenters. The highest BCUT2D eigenvalue weighted by atomic mass is 19.3. The van der Waals surface area contributed by atoms with Crippen LogP contribution in [0.2, 0.25) is 0 Å². The number of aliphatic hydroxyl groups is 1. The van der Waals surface area contributed by atoms with Gasteiger partial charge in [0.25, 0.3) is 5.92 Å². The van der Waals surface area contributed by atoms with E-state index in [4.69, 9.17) is 0 Å². The number of hydrogen-bond acceptors (Lipinski definition) is 2. The summed E-state index contributed by atoms with van der Waals surface area (Å²) in [7, 11) is 0. The van der Waals surface area contributed by atoms with Crippen molar-refractivity contribution in [1.29, 1.82) is 0 Å². The summed E-state index contributed by atoms with van der Waals surface area (Å²) in [6.07, 6.45) is -0.595. The van der Waals surface area contributed by atoms with Gasteiger partial charge in [-0.3, -0.25) is 4.90 Å². The molecule has 0 bridgehead atoms. The molecule has 1 saturated carbocycles. The first-order valence-corrected chi connectivity index (χ1v) is 5.31. The number of hydrogen-bond donors (Lipinski definition) is 1. The molecule has 3 fully saturated rings. The standard InChI is InChI=1S/C10H14F3NO/c11-7-1-9(6-15)3-8(4-10(8,12)13)5-14(9)2-7/h7,15H,1-6H2/t7-,8+,9-/m1/s1. The minimum Gasteiger partial charge on any atom is -0.394 e. The summed E-state index contributed by atoms with van der Waals surface area (Å²) in [4.78, 5) is 1.73. The predicted molar refractivity (Wildman–Crippen MR) is 47.5 cm³/mol. The van der Waals surface area contributed by atoms with Crippen LogP contribution >= 0.6 is 0 Å². The van der Waals surface area contributed by atoms with Gasteiger partial charge in [0.15, 0.2) is 0 Å². The van der Waals surface area contributed by atoms with Crippen LogP contribution in [-0.2, 0) is 0 Å². The molecule has 5 heteroatoms. The van der Waals surface area contributed by atoms with Crippen LogP contribution in [0.15, 0.2) is 0 Å². The second-order valence-electron chi connectivity index (χ2n) is 5.40. The third-order valence-electron chi connectivity index (χ3n) is 4.36. The van der Waals surface area contributed by atoms with E-state index in [1.165, 1.54) is 0 Å². The Morgan fingerprint density at radius 3 is 2.47 bits per heavy atom. The van der Waals surface area contributed by atoms with Gasteiger partial charge in [-0.2, -0.15) is 0 Å². The Hall–Kier alpha value is -0.290. The molecule has 3 atom stereocenters. The van der Waals surface area contributed by atoms with E-state index in [0.717, 1.165) is 0 Å². The number of alkyl halides is 3. The van der Waals surface area contributed by atoms with Crippen LogP contribution < -0.4 is 0 Å². The molecule has 0 radical (unpaired) electrons. The minimum absolute atomic E-state index is 0.0881. The second-order valence-corrected chi connectivity index (χ2v) is 5.40.